The van der Waals surface area contributed by atoms with E-state index in [0.29, 0.717) is 6.42 Å². The van der Waals surface area contributed by atoms with Crippen molar-refractivity contribution in [2.24, 2.45) is 5.73 Å². The highest BCUT2D eigenvalue weighted by molar-refractivity contribution is 7.80. The normalized spacial score (nSPS) is 11.4. The first-order valence-electron chi connectivity index (χ1n) is 14.8. The predicted molar refractivity (Wildman–Crippen MR) is 149 cm³/mol. The number of hydrogen-bond donors (Lipinski definition) is 2. The van der Waals surface area contributed by atoms with E-state index in [2.05, 4.69) is 18.0 Å². The van der Waals surface area contributed by atoms with Crippen molar-refractivity contribution in [1.29, 1.82) is 0 Å². The lowest BCUT2D eigenvalue weighted by Gasteiger charge is -2.02. The third-order valence-corrected chi connectivity index (χ3v) is 6.75. The minimum atomic E-state index is -4.23. The van der Waals surface area contributed by atoms with Crippen molar-refractivity contribution in [1.82, 2.24) is 0 Å². The molecule has 3 N–H and O–H groups in total. The van der Waals surface area contributed by atoms with Gasteiger partial charge in [0.05, 0.1) is 6.61 Å². The molecule has 0 rings (SSSR count). The molecule has 0 radical (unpaired) electrons. The van der Waals surface area contributed by atoms with Crippen LogP contribution in [-0.4, -0.2) is 26.1 Å². The van der Waals surface area contributed by atoms with E-state index in [0.717, 1.165) is 19.4 Å². The summed E-state index contributed by atoms with van der Waals surface area (Å²) in [4.78, 5) is 0. The van der Waals surface area contributed by atoms with Crippen LogP contribution in [0, 0.1) is 0 Å². The minimum absolute atomic E-state index is 0.0926. The van der Waals surface area contributed by atoms with Gasteiger partial charge in [-0.15, -0.1) is 0 Å². The zero-order chi connectivity index (χ0) is 25.6. The Bertz CT molecular complexity index is 443. The first-order valence-corrected chi connectivity index (χ1v) is 16.2. The Morgan fingerprint density at radius 2 is 0.765 bits per heavy atom. The topological polar surface area (TPSA) is 89.6 Å². The maximum Gasteiger partial charge on any atom is 0.397 e. The molecule has 0 aromatic carbocycles. The van der Waals surface area contributed by atoms with Gasteiger partial charge >= 0.3 is 10.4 Å². The third-order valence-electron chi connectivity index (χ3n) is 6.29. The van der Waals surface area contributed by atoms with Crippen molar-refractivity contribution >= 4 is 10.4 Å². The fourth-order valence-corrected chi connectivity index (χ4v) is 4.42. The van der Waals surface area contributed by atoms with Crippen molar-refractivity contribution in [3.05, 3.63) is 0 Å². The molecule has 0 saturated carbocycles. The van der Waals surface area contributed by atoms with Gasteiger partial charge in [-0.2, -0.15) is 8.42 Å². The monoisotopic (exact) mass is 507 g/mol. The van der Waals surface area contributed by atoms with Crippen LogP contribution in [0.1, 0.15) is 168 Å². The molecular weight excluding hydrogens is 446 g/mol. The first kappa shape index (κ1) is 36.0. The number of unbranched alkanes of at least 4 members (excludes halogenated alkanes) is 22. The largest absolute Gasteiger partial charge is 0.397 e. The van der Waals surface area contributed by atoms with Gasteiger partial charge < -0.3 is 5.73 Å². The van der Waals surface area contributed by atoms with Crippen LogP contribution in [0.15, 0.2) is 0 Å². The molecule has 0 atom stereocenters. The molecule has 0 aliphatic carbocycles. The molecule has 0 aliphatic heterocycles. The highest BCUT2D eigenvalue weighted by Gasteiger charge is 2.02. The highest BCUT2D eigenvalue weighted by Crippen LogP contribution is 2.13. The molecule has 0 heterocycles. The second kappa shape index (κ2) is 30.9. The van der Waals surface area contributed by atoms with E-state index in [9.17, 15) is 8.42 Å². The molecule has 5 nitrogen and oxygen atoms in total. The van der Waals surface area contributed by atoms with Gasteiger partial charge in [0.15, 0.2) is 0 Å². The molecular formula is C28H61NO4S. The summed E-state index contributed by atoms with van der Waals surface area (Å²) >= 11 is 0. The molecule has 208 valence electrons. The number of rotatable bonds is 26. The lowest BCUT2D eigenvalue weighted by atomic mass is 10.0. The lowest BCUT2D eigenvalue weighted by Crippen LogP contribution is -2.04. The van der Waals surface area contributed by atoms with E-state index in [1.807, 2.05) is 0 Å². The Labute approximate surface area is 214 Å². The van der Waals surface area contributed by atoms with Crippen LogP contribution in [0.2, 0.25) is 0 Å². The Kier molecular flexibility index (Phi) is 32.7. The average molecular weight is 508 g/mol. The van der Waals surface area contributed by atoms with E-state index in [1.54, 1.807) is 0 Å². The quantitative estimate of drug-likeness (QED) is 0.0899. The van der Waals surface area contributed by atoms with Gasteiger partial charge in [0, 0.05) is 0 Å². The van der Waals surface area contributed by atoms with E-state index >= 15 is 0 Å². The van der Waals surface area contributed by atoms with Crippen LogP contribution in [0.4, 0.5) is 0 Å². The molecule has 0 aromatic heterocycles. The Hall–Kier alpha value is -0.170. The number of hydrogen-bond acceptors (Lipinski definition) is 4. The van der Waals surface area contributed by atoms with Crippen LogP contribution in [0.25, 0.3) is 0 Å². The molecule has 0 amide bonds. The van der Waals surface area contributed by atoms with Crippen LogP contribution in [0.5, 0.6) is 0 Å². The Morgan fingerprint density at radius 1 is 0.500 bits per heavy atom. The fraction of sp³-hybridized carbons (Fsp3) is 1.00. The maximum atomic E-state index is 10.2. The molecule has 6 heteroatoms. The third kappa shape index (κ3) is 39.1. The highest BCUT2D eigenvalue weighted by atomic mass is 32.3. The molecule has 0 aromatic rings. The summed E-state index contributed by atoms with van der Waals surface area (Å²) in [5.74, 6) is 0. The Morgan fingerprint density at radius 3 is 1.03 bits per heavy atom. The fourth-order valence-electron chi connectivity index (χ4n) is 4.09. The molecule has 34 heavy (non-hydrogen) atoms. The van der Waals surface area contributed by atoms with E-state index in [-0.39, 0.29) is 6.61 Å². The van der Waals surface area contributed by atoms with Crippen LogP contribution >= 0.6 is 0 Å². The summed E-state index contributed by atoms with van der Waals surface area (Å²) in [6, 6.07) is 0. The van der Waals surface area contributed by atoms with Gasteiger partial charge in [-0.3, -0.25) is 4.55 Å². The SMILES string of the molecule is CCCCCCCCCCCCCCCCN.CCCCCCCCCCCCOS(=O)(=O)O. The molecule has 0 aliphatic rings. The molecule has 0 saturated heterocycles. The zero-order valence-electron chi connectivity index (χ0n) is 23.0. The minimum Gasteiger partial charge on any atom is -0.330 e. The molecule has 0 fully saturated rings. The van der Waals surface area contributed by atoms with Crippen LogP contribution in [-0.2, 0) is 14.6 Å². The maximum absolute atomic E-state index is 10.2. The van der Waals surface area contributed by atoms with Crippen LogP contribution in [0.3, 0.4) is 0 Å². The smallest absolute Gasteiger partial charge is 0.330 e. The second-order valence-corrected chi connectivity index (χ2v) is 10.9. The van der Waals surface area contributed by atoms with Crippen LogP contribution < -0.4 is 5.73 Å². The summed E-state index contributed by atoms with van der Waals surface area (Å²) in [6.45, 7) is 5.47. The van der Waals surface area contributed by atoms with Gasteiger partial charge in [0.2, 0.25) is 0 Å². The lowest BCUT2D eigenvalue weighted by molar-refractivity contribution is 0.261. The van der Waals surface area contributed by atoms with Crippen molar-refractivity contribution in [2.75, 3.05) is 13.2 Å². The molecule has 0 spiro atoms. The van der Waals surface area contributed by atoms with Crippen molar-refractivity contribution < 1.29 is 17.2 Å². The van der Waals surface area contributed by atoms with E-state index in [4.69, 9.17) is 10.3 Å². The molecule has 0 unspecified atom stereocenters. The van der Waals surface area contributed by atoms with Crippen molar-refractivity contribution in [2.45, 2.75) is 168 Å². The Balaban J connectivity index is 0. The molecule has 0 bridgehead atoms. The zero-order valence-corrected chi connectivity index (χ0v) is 23.9. The van der Waals surface area contributed by atoms with Crippen molar-refractivity contribution in [3.8, 4) is 0 Å². The predicted octanol–water partition coefficient (Wildman–Crippen LogP) is 9.15. The van der Waals surface area contributed by atoms with Gasteiger partial charge in [-0.25, -0.2) is 4.18 Å². The summed E-state index contributed by atoms with van der Waals surface area (Å²) < 4.78 is 33.0. The first-order chi connectivity index (χ1) is 16.5. The van der Waals surface area contributed by atoms with Gasteiger partial charge in [0.25, 0.3) is 0 Å². The van der Waals surface area contributed by atoms with Gasteiger partial charge in [-0.05, 0) is 19.4 Å². The summed E-state index contributed by atoms with van der Waals surface area (Å²) in [7, 11) is -4.23. The van der Waals surface area contributed by atoms with Gasteiger partial charge in [-0.1, -0.05) is 155 Å². The summed E-state index contributed by atoms with van der Waals surface area (Å²) in [6.07, 6.45) is 31.7. The van der Waals surface area contributed by atoms with Gasteiger partial charge in [0.1, 0.15) is 0 Å². The summed E-state index contributed by atoms with van der Waals surface area (Å²) in [5.41, 5.74) is 5.47. The average Bonchev–Trinajstić information content (AvgIpc) is 2.80. The van der Waals surface area contributed by atoms with Crippen molar-refractivity contribution in [3.63, 3.8) is 0 Å². The van der Waals surface area contributed by atoms with E-state index in [1.165, 1.54) is 135 Å². The second-order valence-electron chi connectivity index (χ2n) is 9.82. The van der Waals surface area contributed by atoms with E-state index < -0.39 is 10.4 Å². The standard InChI is InChI=1S/C16H35N.C12H26O4S/c1-2-3-4-5-6-7-8-9-10-11-12-13-14-15-16-17;1-2-3-4-5-6-7-8-9-10-11-12-16-17(13,14)15/h2-17H2,1H3;2-12H2,1H3,(H,13,14,15). The summed E-state index contributed by atoms with van der Waals surface area (Å²) in [5, 5.41) is 0. The number of nitrogens with two attached hydrogens (primary N) is 1.